The van der Waals surface area contributed by atoms with Crippen LogP contribution >= 0.6 is 35.2 Å². The highest BCUT2D eigenvalue weighted by Gasteiger charge is 2.50. The lowest BCUT2D eigenvalue weighted by Crippen LogP contribution is -2.46. The van der Waals surface area contributed by atoms with E-state index in [4.69, 9.17) is 19.5 Å². The monoisotopic (exact) mass is 931 g/mol. The number of anilines is 1. The molecule has 0 spiro atoms. The number of ether oxygens (including phenoxy) is 1. The molecule has 0 aliphatic carbocycles. The Balaban J connectivity index is 1.41. The Kier molecular flexibility index (Phi) is 20.1. The molecule has 0 aromatic carbocycles. The third kappa shape index (κ3) is 17.1. The van der Waals surface area contributed by atoms with Gasteiger partial charge in [-0.25, -0.2) is 28.6 Å². The summed E-state index contributed by atoms with van der Waals surface area (Å²) in [6.45, 7) is 2.49. The number of amides is 2. The molecule has 2 aromatic heterocycles. The minimum atomic E-state index is -5.57. The molecule has 1 saturated heterocycles. The molecule has 3 rings (SSSR count). The number of carbonyl (C=O) groups is 3. The summed E-state index contributed by atoms with van der Waals surface area (Å²) in [7, 11) is -16.4. The van der Waals surface area contributed by atoms with Crippen LogP contribution in [0.25, 0.3) is 11.2 Å². The number of nitrogens with one attached hydrogen (secondary N) is 2. The molecule has 2 amide bonds. The molecule has 7 unspecified atom stereocenters. The van der Waals surface area contributed by atoms with Gasteiger partial charge in [-0.1, -0.05) is 49.9 Å². The molecule has 1 fully saturated rings. The van der Waals surface area contributed by atoms with Gasteiger partial charge in [0.05, 0.1) is 19.5 Å². The van der Waals surface area contributed by atoms with Crippen molar-refractivity contribution in [1.82, 2.24) is 30.2 Å². The summed E-state index contributed by atoms with van der Waals surface area (Å²) < 4.78 is 62.2. The van der Waals surface area contributed by atoms with Gasteiger partial charge < -0.3 is 50.9 Å². The maximum atomic E-state index is 12.7. The Bertz CT molecular complexity index is 1960. The number of carbonyl (C=O) groups excluding carboxylic acids is 3. The van der Waals surface area contributed by atoms with Crippen LogP contribution in [0, 0.1) is 5.41 Å². The van der Waals surface area contributed by atoms with Gasteiger partial charge in [-0.05, 0) is 32.6 Å². The molecule has 7 atom stereocenters. The van der Waals surface area contributed by atoms with Crippen molar-refractivity contribution in [2.45, 2.75) is 89.9 Å². The minimum Gasteiger partial charge on any atom is -0.386 e. The van der Waals surface area contributed by atoms with Crippen molar-refractivity contribution in [1.29, 1.82) is 0 Å². The molecule has 24 nitrogen and oxygen atoms in total. The molecule has 3 heterocycles. The van der Waals surface area contributed by atoms with Gasteiger partial charge in [-0.15, -0.1) is 0 Å². The summed E-state index contributed by atoms with van der Waals surface area (Å²) in [6, 6.07) is 0. The number of hydrogen-bond acceptors (Lipinski definition) is 18. The number of nitrogen functional groups attached to an aromatic ring is 1. The van der Waals surface area contributed by atoms with Crippen LogP contribution in [0.1, 0.15) is 65.5 Å². The summed E-state index contributed by atoms with van der Waals surface area (Å²) in [6.07, 6.45) is 5.21. The lowest BCUT2D eigenvalue weighted by Gasteiger charge is -2.30. The number of aromatic nitrogens is 4. The van der Waals surface area contributed by atoms with Crippen molar-refractivity contribution in [2.24, 2.45) is 5.41 Å². The number of fused-ring (bicyclic) bond motifs is 1. The van der Waals surface area contributed by atoms with Crippen molar-refractivity contribution >= 4 is 69.1 Å². The second-order valence-corrected chi connectivity index (χ2v) is 19.2. The van der Waals surface area contributed by atoms with Crippen molar-refractivity contribution in [3.8, 4) is 0 Å². The fraction of sp³-hybridized carbons (Fsp3) is 0.625. The van der Waals surface area contributed by atoms with E-state index in [-0.39, 0.29) is 41.6 Å². The molecule has 0 radical (unpaired) electrons. The minimum absolute atomic E-state index is 0.0171. The van der Waals surface area contributed by atoms with Crippen molar-refractivity contribution < 1.29 is 80.5 Å². The molecule has 10 N–H and O–H groups in total. The number of nitrogens with zero attached hydrogens (tertiary/aromatic N) is 4. The first-order valence-electron chi connectivity index (χ1n) is 18.4. The third-order valence-electron chi connectivity index (χ3n) is 8.42. The standard InChI is InChI=1S/C32H52N7O17P3S/c1-4-5-6-7-8-9-10-11-12-23(41)60-16-15-34-22(40)13-14-35-30(44)27(43)32(2,3)18-53-59(50,51)56-58(48,49)52-17-21-26(55-57(45,46)47)25(42)31(54-21)39-20-38-24-28(33)36-19-37-29(24)39/h4-5,8-9,19-21,25-27,31,42-43H,6-7,10-18H2,1-3H3,(H,34,40)(H,35,44)(H,48,49)(H,50,51)(H2,33,36,37)(H2,45,46,47)/b5-4+,9-8+. The number of phosphoric ester groups is 3. The van der Waals surface area contributed by atoms with E-state index >= 15 is 0 Å². The Morgan fingerprint density at radius 2 is 1.68 bits per heavy atom. The van der Waals surface area contributed by atoms with Gasteiger partial charge in [0, 0.05) is 37.1 Å². The summed E-state index contributed by atoms with van der Waals surface area (Å²) in [5.74, 6) is -1.07. The summed E-state index contributed by atoms with van der Waals surface area (Å²) in [5.41, 5.74) is 4.27. The Morgan fingerprint density at radius 1 is 1.00 bits per heavy atom. The van der Waals surface area contributed by atoms with E-state index in [9.17, 15) is 57.9 Å². The third-order valence-corrected chi connectivity index (χ3v) is 12.5. The van der Waals surface area contributed by atoms with Gasteiger partial charge in [0.2, 0.25) is 11.8 Å². The van der Waals surface area contributed by atoms with Gasteiger partial charge in [0.25, 0.3) is 0 Å². The smallest absolute Gasteiger partial charge is 0.386 e. The quantitative estimate of drug-likeness (QED) is 0.0368. The summed E-state index contributed by atoms with van der Waals surface area (Å²) in [5, 5.41) is 26.5. The SMILES string of the molecule is C/C=C/CC/C=C/CCCC(=O)SCCNC(=O)CCNC(=O)C(O)C(C)(C)COP(=O)(O)OP(=O)(O)OCC1OC(n2cnc3c(N)ncnc32)C(O)C1OP(=O)(O)O. The first kappa shape index (κ1) is 51.4. The highest BCUT2D eigenvalue weighted by atomic mass is 32.2. The first-order chi connectivity index (χ1) is 28.1. The van der Waals surface area contributed by atoms with Gasteiger partial charge in [-0.3, -0.25) is 32.5 Å². The average molecular weight is 932 g/mol. The second-order valence-electron chi connectivity index (χ2n) is 13.8. The number of imidazole rings is 1. The van der Waals surface area contributed by atoms with E-state index in [0.29, 0.717) is 12.2 Å². The van der Waals surface area contributed by atoms with Crippen LogP contribution in [0.2, 0.25) is 0 Å². The van der Waals surface area contributed by atoms with E-state index in [1.807, 2.05) is 13.0 Å². The van der Waals surface area contributed by atoms with Gasteiger partial charge in [0.1, 0.15) is 36.3 Å². The van der Waals surface area contributed by atoms with Crippen LogP contribution in [0.15, 0.2) is 37.0 Å². The zero-order chi connectivity index (χ0) is 44.7. The normalized spacial score (nSPS) is 21.3. The summed E-state index contributed by atoms with van der Waals surface area (Å²) >= 11 is 1.11. The number of aliphatic hydroxyl groups excluding tert-OH is 2. The van der Waals surface area contributed by atoms with Gasteiger partial charge in [0.15, 0.2) is 22.8 Å². The van der Waals surface area contributed by atoms with Crippen LogP contribution in [0.3, 0.4) is 0 Å². The number of hydrogen-bond donors (Lipinski definition) is 9. The molecule has 2 aromatic rings. The number of thioether (sulfide) groups is 1. The second kappa shape index (κ2) is 23.5. The molecule has 60 heavy (non-hydrogen) atoms. The molecule has 28 heteroatoms. The Labute approximate surface area is 349 Å². The number of nitrogens with two attached hydrogens (primary N) is 1. The predicted molar refractivity (Wildman–Crippen MR) is 214 cm³/mol. The van der Waals surface area contributed by atoms with Crippen molar-refractivity contribution in [3.63, 3.8) is 0 Å². The van der Waals surface area contributed by atoms with Gasteiger partial charge in [-0.2, -0.15) is 4.31 Å². The van der Waals surface area contributed by atoms with E-state index in [1.54, 1.807) is 0 Å². The lowest BCUT2D eigenvalue weighted by molar-refractivity contribution is -0.137. The molecular formula is C32H52N7O17P3S. The Hall–Kier alpha value is -2.96. The molecule has 338 valence electrons. The zero-order valence-electron chi connectivity index (χ0n) is 32.9. The van der Waals surface area contributed by atoms with Gasteiger partial charge >= 0.3 is 23.5 Å². The maximum Gasteiger partial charge on any atom is 0.481 e. The predicted octanol–water partition coefficient (Wildman–Crippen LogP) is 1.75. The van der Waals surface area contributed by atoms with E-state index in [0.717, 1.165) is 54.7 Å². The number of phosphoric acid groups is 3. The fourth-order valence-electron chi connectivity index (χ4n) is 5.33. The molecular weight excluding hydrogens is 879 g/mol. The van der Waals surface area contributed by atoms with Crippen LogP contribution in [0.5, 0.6) is 0 Å². The maximum absolute atomic E-state index is 12.7. The van der Waals surface area contributed by atoms with Crippen molar-refractivity contribution in [2.75, 3.05) is 37.8 Å². The van der Waals surface area contributed by atoms with E-state index in [2.05, 4.69) is 52.6 Å². The Morgan fingerprint density at radius 3 is 2.38 bits per heavy atom. The van der Waals surface area contributed by atoms with Crippen LogP contribution in [-0.4, -0.2) is 123 Å². The molecule has 1 aliphatic heterocycles. The lowest BCUT2D eigenvalue weighted by atomic mass is 9.87. The largest absolute Gasteiger partial charge is 0.481 e. The molecule has 0 saturated carbocycles. The fourth-order valence-corrected chi connectivity index (χ4v) is 8.88. The number of allylic oxidation sites excluding steroid dienone is 4. The van der Waals surface area contributed by atoms with E-state index < -0.39 is 84.6 Å². The average Bonchev–Trinajstić information content (AvgIpc) is 3.72. The van der Waals surface area contributed by atoms with Crippen LogP contribution in [-0.2, 0) is 50.7 Å². The van der Waals surface area contributed by atoms with Crippen LogP contribution < -0.4 is 16.4 Å². The van der Waals surface area contributed by atoms with Crippen LogP contribution in [0.4, 0.5) is 5.82 Å². The first-order valence-corrected chi connectivity index (χ1v) is 23.9. The number of aliphatic hydroxyl groups is 2. The van der Waals surface area contributed by atoms with Crippen molar-refractivity contribution in [3.05, 3.63) is 37.0 Å². The topological polar surface area (TPSA) is 364 Å². The summed E-state index contributed by atoms with van der Waals surface area (Å²) in [4.78, 5) is 87.9. The zero-order valence-corrected chi connectivity index (χ0v) is 36.4. The number of rotatable bonds is 26. The molecule has 0 bridgehead atoms. The van der Waals surface area contributed by atoms with E-state index in [1.165, 1.54) is 13.8 Å². The highest BCUT2D eigenvalue weighted by molar-refractivity contribution is 8.13. The number of unbranched alkanes of at least 4 members (excludes halogenated alkanes) is 2. The highest BCUT2D eigenvalue weighted by Crippen LogP contribution is 2.61. The molecule has 1 aliphatic rings.